The van der Waals surface area contributed by atoms with E-state index in [1.165, 1.54) is 16.9 Å². The number of nitrogens with zero attached hydrogens (tertiary/aromatic N) is 4. The van der Waals surface area contributed by atoms with Gasteiger partial charge in [0.25, 0.3) is 0 Å². The maximum Gasteiger partial charge on any atom is 0.410 e. The van der Waals surface area contributed by atoms with Crippen LogP contribution in [0.5, 0.6) is 0 Å². The molecule has 3 aromatic rings. The third-order valence-corrected chi connectivity index (χ3v) is 6.67. The van der Waals surface area contributed by atoms with Crippen molar-refractivity contribution in [3.63, 3.8) is 0 Å². The van der Waals surface area contributed by atoms with E-state index in [0.29, 0.717) is 5.92 Å². The molecule has 1 aliphatic rings. The fraction of sp³-hybridized carbons (Fsp3) is 0.400. The van der Waals surface area contributed by atoms with Crippen LogP contribution in [0, 0.1) is 0 Å². The Morgan fingerprint density at radius 1 is 1.22 bits per heavy atom. The first-order valence-electron chi connectivity index (χ1n) is 11.1. The summed E-state index contributed by atoms with van der Waals surface area (Å²) < 4.78 is 5.41. The Hall–Kier alpha value is -2.93. The molecule has 32 heavy (non-hydrogen) atoms. The van der Waals surface area contributed by atoms with Gasteiger partial charge >= 0.3 is 6.09 Å². The van der Waals surface area contributed by atoms with E-state index < -0.39 is 0 Å². The van der Waals surface area contributed by atoms with Gasteiger partial charge in [-0.15, -0.1) is 11.3 Å². The van der Waals surface area contributed by atoms with Crippen LogP contribution >= 0.6 is 11.3 Å². The molecule has 4 rings (SSSR count). The Bertz CT molecular complexity index is 1030. The molecule has 0 radical (unpaired) electrons. The molecule has 0 N–H and O–H groups in total. The lowest BCUT2D eigenvalue weighted by atomic mass is 9.99. The highest BCUT2D eigenvalue weighted by Gasteiger charge is 2.27. The highest BCUT2D eigenvalue weighted by Crippen LogP contribution is 2.26. The second-order valence-electron chi connectivity index (χ2n) is 8.52. The number of benzene rings is 1. The number of carbonyl (C=O) groups is 1. The zero-order chi connectivity index (χ0) is 22.5. The van der Waals surface area contributed by atoms with Crippen LogP contribution in [0.4, 0.5) is 10.6 Å². The Morgan fingerprint density at radius 2 is 2.00 bits per heavy atom. The summed E-state index contributed by atoms with van der Waals surface area (Å²) in [6.45, 7) is 6.35. The largest absolute Gasteiger partial charge is 0.443 e. The number of thiazole rings is 1. The average Bonchev–Trinajstić information content (AvgIpc) is 3.36. The van der Waals surface area contributed by atoms with Gasteiger partial charge in [0.2, 0.25) is 0 Å². The van der Waals surface area contributed by atoms with Gasteiger partial charge in [-0.1, -0.05) is 38.1 Å². The number of carbonyl (C=O) groups excluding carboxylic acids is 1. The van der Waals surface area contributed by atoms with Crippen molar-refractivity contribution >= 4 is 23.2 Å². The lowest BCUT2D eigenvalue weighted by molar-refractivity contribution is 0.0854. The van der Waals surface area contributed by atoms with E-state index in [0.717, 1.165) is 48.7 Å². The van der Waals surface area contributed by atoms with Crippen molar-refractivity contribution in [2.24, 2.45) is 0 Å². The predicted molar refractivity (Wildman–Crippen MR) is 129 cm³/mol. The number of ether oxygens (including phenoxy) is 1. The number of hydrogen-bond donors (Lipinski definition) is 0. The van der Waals surface area contributed by atoms with Crippen molar-refractivity contribution in [1.82, 2.24) is 14.9 Å². The maximum absolute atomic E-state index is 12.4. The van der Waals surface area contributed by atoms with Gasteiger partial charge in [-0.3, -0.25) is 0 Å². The van der Waals surface area contributed by atoms with E-state index in [2.05, 4.69) is 66.2 Å². The smallest absolute Gasteiger partial charge is 0.410 e. The molecule has 1 fully saturated rings. The molecule has 0 aliphatic carbocycles. The van der Waals surface area contributed by atoms with Crippen LogP contribution in [0.3, 0.4) is 0 Å². The topological polar surface area (TPSA) is 58.6 Å². The third kappa shape index (κ3) is 5.27. The molecular formula is C25H30N4O2S. The summed E-state index contributed by atoms with van der Waals surface area (Å²) in [6, 6.07) is 15.0. The zero-order valence-corrected chi connectivity index (χ0v) is 19.7. The van der Waals surface area contributed by atoms with Crippen molar-refractivity contribution < 1.29 is 9.53 Å². The van der Waals surface area contributed by atoms with Gasteiger partial charge in [-0.05, 0) is 42.5 Å². The van der Waals surface area contributed by atoms with E-state index in [1.807, 2.05) is 12.4 Å². The van der Waals surface area contributed by atoms with Gasteiger partial charge in [0.15, 0.2) is 0 Å². The molecule has 1 saturated heterocycles. The van der Waals surface area contributed by atoms with Crippen LogP contribution in [0.25, 0.3) is 11.3 Å². The van der Waals surface area contributed by atoms with Crippen LogP contribution in [0.15, 0.2) is 53.4 Å². The average molecular weight is 451 g/mol. The molecule has 0 unspecified atom stereocenters. The van der Waals surface area contributed by atoms with Crippen molar-refractivity contribution in [3.05, 3.63) is 64.6 Å². The summed E-state index contributed by atoms with van der Waals surface area (Å²) in [5.74, 6) is 1.48. The fourth-order valence-electron chi connectivity index (χ4n) is 3.99. The molecule has 0 saturated carbocycles. The standard InChI is InChI=1S/C25H30N4O2S/c1-18(2)19-6-4-7-20(14-19)23-8-5-9-24(27-23)29-12-10-22(11-13-29)28(3)25(30)31-15-21-16-32-17-26-21/h4-9,14,16-18,22H,10-13,15H2,1-3H3. The van der Waals surface area contributed by atoms with E-state index >= 15 is 0 Å². The number of piperidine rings is 1. The molecule has 6 nitrogen and oxygen atoms in total. The Balaban J connectivity index is 1.35. The molecule has 0 spiro atoms. The fourth-order valence-corrected chi connectivity index (χ4v) is 4.54. The molecule has 1 aromatic carbocycles. The Kier molecular flexibility index (Phi) is 7.05. The number of aromatic nitrogens is 2. The highest BCUT2D eigenvalue weighted by molar-refractivity contribution is 7.07. The summed E-state index contributed by atoms with van der Waals surface area (Å²) in [7, 11) is 1.82. The number of rotatable bonds is 6. The second kappa shape index (κ2) is 10.1. The molecule has 168 valence electrons. The Labute approximate surface area is 193 Å². The zero-order valence-electron chi connectivity index (χ0n) is 18.9. The van der Waals surface area contributed by atoms with Crippen molar-refractivity contribution in [1.29, 1.82) is 0 Å². The summed E-state index contributed by atoms with van der Waals surface area (Å²) in [5, 5.41) is 1.89. The van der Waals surface area contributed by atoms with Crippen LogP contribution in [0.2, 0.25) is 0 Å². The third-order valence-electron chi connectivity index (χ3n) is 6.03. The van der Waals surface area contributed by atoms with E-state index in [9.17, 15) is 4.79 Å². The maximum atomic E-state index is 12.4. The van der Waals surface area contributed by atoms with Crippen LogP contribution in [-0.2, 0) is 11.3 Å². The van der Waals surface area contributed by atoms with Crippen LogP contribution in [0.1, 0.15) is 43.9 Å². The van der Waals surface area contributed by atoms with Gasteiger partial charge < -0.3 is 14.5 Å². The van der Waals surface area contributed by atoms with Crippen LogP contribution in [-0.4, -0.2) is 47.1 Å². The lowest BCUT2D eigenvalue weighted by Gasteiger charge is -2.36. The SMILES string of the molecule is CC(C)c1cccc(-c2cccc(N3CCC(N(C)C(=O)OCc4cscn4)CC3)n2)c1. The Morgan fingerprint density at radius 3 is 2.72 bits per heavy atom. The molecular weight excluding hydrogens is 420 g/mol. The normalized spacial score (nSPS) is 14.6. The first-order chi connectivity index (χ1) is 15.5. The molecule has 1 amide bonds. The van der Waals surface area contributed by atoms with Gasteiger partial charge in [-0.25, -0.2) is 14.8 Å². The minimum absolute atomic E-state index is 0.167. The predicted octanol–water partition coefficient (Wildman–Crippen LogP) is 5.57. The summed E-state index contributed by atoms with van der Waals surface area (Å²) in [5.41, 5.74) is 5.99. The highest BCUT2D eigenvalue weighted by atomic mass is 32.1. The molecule has 2 aromatic heterocycles. The summed E-state index contributed by atoms with van der Waals surface area (Å²) in [6.07, 6.45) is 1.48. The molecule has 1 aliphatic heterocycles. The summed E-state index contributed by atoms with van der Waals surface area (Å²) >= 11 is 1.50. The van der Waals surface area contributed by atoms with Gasteiger partial charge in [0, 0.05) is 37.1 Å². The van der Waals surface area contributed by atoms with Gasteiger partial charge in [-0.2, -0.15) is 0 Å². The van der Waals surface area contributed by atoms with Crippen molar-refractivity contribution in [2.45, 2.75) is 45.3 Å². The van der Waals surface area contributed by atoms with E-state index in [4.69, 9.17) is 9.72 Å². The first kappa shape index (κ1) is 22.3. The minimum Gasteiger partial charge on any atom is -0.443 e. The lowest BCUT2D eigenvalue weighted by Crippen LogP contribution is -2.46. The van der Waals surface area contributed by atoms with Crippen LogP contribution < -0.4 is 4.90 Å². The summed E-state index contributed by atoms with van der Waals surface area (Å²) in [4.78, 5) is 25.6. The monoisotopic (exact) mass is 450 g/mol. The van der Waals surface area contributed by atoms with E-state index in [1.54, 1.807) is 10.4 Å². The second-order valence-corrected chi connectivity index (χ2v) is 9.24. The molecule has 3 heterocycles. The first-order valence-corrected chi connectivity index (χ1v) is 12.0. The van der Waals surface area contributed by atoms with Crippen molar-refractivity contribution in [3.8, 4) is 11.3 Å². The molecule has 0 bridgehead atoms. The molecule has 0 atom stereocenters. The number of hydrogen-bond acceptors (Lipinski definition) is 6. The van der Waals surface area contributed by atoms with Gasteiger partial charge in [0.05, 0.1) is 16.9 Å². The van der Waals surface area contributed by atoms with E-state index in [-0.39, 0.29) is 18.7 Å². The number of anilines is 1. The molecule has 7 heteroatoms. The minimum atomic E-state index is -0.290. The number of amides is 1. The quantitative estimate of drug-likeness (QED) is 0.492. The number of pyridine rings is 1. The van der Waals surface area contributed by atoms with Gasteiger partial charge in [0.1, 0.15) is 12.4 Å². The van der Waals surface area contributed by atoms with Crippen molar-refractivity contribution in [2.75, 3.05) is 25.0 Å².